The number of benzene rings is 1. The molecule has 10 heteroatoms. The molecule has 3 saturated heterocycles. The predicted octanol–water partition coefficient (Wildman–Crippen LogP) is 3.35. The van der Waals surface area contributed by atoms with Gasteiger partial charge >= 0.3 is 0 Å². The molecule has 1 aliphatic carbocycles. The zero-order valence-electron chi connectivity index (χ0n) is 17.3. The van der Waals surface area contributed by atoms with Crippen molar-refractivity contribution in [3.05, 3.63) is 51.9 Å². The van der Waals surface area contributed by atoms with Gasteiger partial charge in [0.15, 0.2) is 0 Å². The van der Waals surface area contributed by atoms with Crippen molar-refractivity contribution in [2.45, 2.75) is 37.4 Å². The molecule has 3 amide bonds. The highest BCUT2D eigenvalue weighted by Gasteiger charge is 2.81. The van der Waals surface area contributed by atoms with Crippen LogP contribution in [-0.4, -0.2) is 39.7 Å². The summed E-state index contributed by atoms with van der Waals surface area (Å²) in [6.07, 6.45) is 1.58. The summed E-state index contributed by atoms with van der Waals surface area (Å²) in [7, 11) is 0. The molecule has 1 aromatic heterocycles. The summed E-state index contributed by atoms with van der Waals surface area (Å²) in [5.74, 6) is -3.99. The minimum Gasteiger partial charge on any atom is -0.323 e. The third-order valence-corrected chi connectivity index (χ3v) is 8.79. The number of piperidine rings is 1. The molecule has 1 N–H and O–H groups in total. The van der Waals surface area contributed by atoms with E-state index in [9.17, 15) is 18.8 Å². The van der Waals surface area contributed by atoms with Gasteiger partial charge in [-0.2, -0.15) is 4.39 Å². The first kappa shape index (κ1) is 19.9. The number of carbonyl (C=O) groups excluding carboxylic acids is 3. The maximum Gasteiger partial charge on any atom is 0.250 e. The first-order chi connectivity index (χ1) is 15.7. The third-order valence-electron chi connectivity index (χ3n) is 8.28. The zero-order valence-corrected chi connectivity index (χ0v) is 18.8. The van der Waals surface area contributed by atoms with Crippen LogP contribution in [0.1, 0.15) is 25.3 Å². The lowest BCUT2D eigenvalue weighted by Crippen LogP contribution is -2.55. The van der Waals surface area contributed by atoms with Gasteiger partial charge in [0.2, 0.25) is 17.8 Å². The third kappa shape index (κ3) is 2.16. The van der Waals surface area contributed by atoms with Crippen molar-refractivity contribution >= 4 is 52.4 Å². The SMILES string of the molecule is C[C@]12CC3C4C(=O)N(c5cccc(F)n5)C(=O)C4C4(C(=O)Nc5c(Cl)cc(Cl)cc54)N3C1C2. The molecule has 5 heterocycles. The maximum atomic E-state index is 13.9. The van der Waals surface area contributed by atoms with Crippen molar-refractivity contribution in [1.29, 1.82) is 0 Å². The Morgan fingerprint density at radius 1 is 1.15 bits per heavy atom. The van der Waals surface area contributed by atoms with Crippen LogP contribution in [0, 0.1) is 23.2 Å². The molecule has 4 fully saturated rings. The minimum atomic E-state index is -1.41. The van der Waals surface area contributed by atoms with Gasteiger partial charge < -0.3 is 5.32 Å². The average molecular weight is 487 g/mol. The molecule has 0 radical (unpaired) electrons. The molecule has 1 saturated carbocycles. The number of hydrogen-bond acceptors (Lipinski definition) is 5. The van der Waals surface area contributed by atoms with Crippen molar-refractivity contribution in [3.63, 3.8) is 0 Å². The number of hydrogen-bond donors (Lipinski definition) is 1. The minimum absolute atomic E-state index is 0.0259. The lowest BCUT2D eigenvalue weighted by molar-refractivity contribution is -0.136. The second-order valence-electron chi connectivity index (χ2n) is 9.92. The quantitative estimate of drug-likeness (QED) is 0.493. The van der Waals surface area contributed by atoms with E-state index in [1.807, 2.05) is 0 Å². The van der Waals surface area contributed by atoms with E-state index >= 15 is 0 Å². The number of nitrogens with zero attached hydrogens (tertiary/aromatic N) is 3. The number of anilines is 2. The summed E-state index contributed by atoms with van der Waals surface area (Å²) in [4.78, 5) is 48.2. The van der Waals surface area contributed by atoms with Gasteiger partial charge in [-0.05, 0) is 42.5 Å². The van der Waals surface area contributed by atoms with Crippen molar-refractivity contribution < 1.29 is 18.8 Å². The Bertz CT molecular complexity index is 1340. The Balaban J connectivity index is 1.48. The van der Waals surface area contributed by atoms with Crippen LogP contribution >= 0.6 is 23.2 Å². The molecule has 7 rings (SSSR count). The van der Waals surface area contributed by atoms with Crippen LogP contribution in [0.4, 0.5) is 15.9 Å². The summed E-state index contributed by atoms with van der Waals surface area (Å²) in [6, 6.07) is 6.95. The van der Waals surface area contributed by atoms with Gasteiger partial charge in [-0.15, -0.1) is 0 Å². The summed E-state index contributed by atoms with van der Waals surface area (Å²) < 4.78 is 13.9. The van der Waals surface area contributed by atoms with Gasteiger partial charge in [0.05, 0.1) is 22.5 Å². The molecule has 168 valence electrons. The van der Waals surface area contributed by atoms with Crippen LogP contribution in [0.15, 0.2) is 30.3 Å². The molecule has 6 atom stereocenters. The highest BCUT2D eigenvalue weighted by Crippen LogP contribution is 2.71. The zero-order chi connectivity index (χ0) is 23.0. The summed E-state index contributed by atoms with van der Waals surface area (Å²) >= 11 is 12.8. The van der Waals surface area contributed by atoms with Crippen molar-refractivity contribution in [3.8, 4) is 0 Å². The number of carbonyl (C=O) groups is 3. The number of amides is 3. The van der Waals surface area contributed by atoms with Crippen LogP contribution in [0.3, 0.4) is 0 Å². The Hall–Kier alpha value is -2.55. The molecule has 7 nitrogen and oxygen atoms in total. The van der Waals surface area contributed by atoms with Gasteiger partial charge in [0.25, 0.3) is 5.91 Å². The topological polar surface area (TPSA) is 82.6 Å². The maximum absolute atomic E-state index is 13.9. The normalized spacial score (nSPS) is 37.9. The Morgan fingerprint density at radius 2 is 1.94 bits per heavy atom. The highest BCUT2D eigenvalue weighted by molar-refractivity contribution is 6.38. The number of aromatic nitrogens is 1. The molecule has 1 aromatic carbocycles. The van der Waals surface area contributed by atoms with Crippen LogP contribution < -0.4 is 10.2 Å². The van der Waals surface area contributed by atoms with Gasteiger partial charge in [-0.1, -0.05) is 36.2 Å². The fourth-order valence-corrected chi connectivity index (χ4v) is 7.52. The molecule has 5 aliphatic rings. The van der Waals surface area contributed by atoms with E-state index < -0.39 is 35.1 Å². The summed E-state index contributed by atoms with van der Waals surface area (Å²) in [5.41, 5.74) is -0.495. The van der Waals surface area contributed by atoms with Crippen LogP contribution in [0.25, 0.3) is 0 Å². The second kappa shape index (κ2) is 5.92. The highest BCUT2D eigenvalue weighted by atomic mass is 35.5. The largest absolute Gasteiger partial charge is 0.323 e. The first-order valence-electron chi connectivity index (χ1n) is 10.8. The van der Waals surface area contributed by atoms with Crippen molar-refractivity contribution in [2.75, 3.05) is 10.2 Å². The first-order valence-corrected chi connectivity index (χ1v) is 11.5. The van der Waals surface area contributed by atoms with Crippen molar-refractivity contribution in [2.24, 2.45) is 17.3 Å². The molecule has 2 aromatic rings. The number of rotatable bonds is 1. The van der Waals surface area contributed by atoms with Gasteiger partial charge in [-0.25, -0.2) is 9.88 Å². The lowest BCUT2D eigenvalue weighted by Gasteiger charge is -2.38. The lowest BCUT2D eigenvalue weighted by atomic mass is 9.75. The molecule has 0 bridgehead atoms. The number of imide groups is 1. The number of halogens is 3. The number of pyridine rings is 1. The van der Waals surface area contributed by atoms with Crippen LogP contribution in [-0.2, 0) is 19.9 Å². The Labute approximate surface area is 197 Å². The molecule has 4 aliphatic heterocycles. The second-order valence-corrected chi connectivity index (χ2v) is 10.8. The number of nitrogens with one attached hydrogen (secondary N) is 1. The Kier molecular flexibility index (Phi) is 3.57. The monoisotopic (exact) mass is 486 g/mol. The molecule has 33 heavy (non-hydrogen) atoms. The van der Waals surface area contributed by atoms with E-state index in [-0.39, 0.29) is 34.2 Å². The molecule has 1 spiro atoms. The van der Waals surface area contributed by atoms with Gasteiger partial charge in [-0.3, -0.25) is 19.3 Å². The fraction of sp³-hybridized carbons (Fsp3) is 0.391. The van der Waals surface area contributed by atoms with Gasteiger partial charge in [0, 0.05) is 22.7 Å². The summed E-state index contributed by atoms with van der Waals surface area (Å²) in [5, 5.41) is 3.49. The molecular formula is C23H17Cl2FN4O3. The van der Waals surface area contributed by atoms with E-state index in [1.165, 1.54) is 12.1 Å². The predicted molar refractivity (Wildman–Crippen MR) is 117 cm³/mol. The smallest absolute Gasteiger partial charge is 0.250 e. The Morgan fingerprint density at radius 3 is 2.70 bits per heavy atom. The van der Waals surface area contributed by atoms with Crippen LogP contribution in [0.5, 0.6) is 0 Å². The van der Waals surface area contributed by atoms with E-state index in [4.69, 9.17) is 23.2 Å². The average Bonchev–Trinajstić information content (AvgIpc) is 2.99. The van der Waals surface area contributed by atoms with E-state index in [0.717, 1.165) is 17.4 Å². The van der Waals surface area contributed by atoms with E-state index in [1.54, 1.807) is 12.1 Å². The standard InChI is InChI=1S/C23H17Cl2FN4O3/c1-22-7-12-16-17(20(32)29(19(16)31)15-4-2-3-14(26)27-15)23(30(12)13(22)8-22)10-5-9(24)6-11(25)18(10)28-21(23)33/h2-6,12-13,16-17H,7-8H2,1H3,(H,28,33)/t12?,13?,16?,17?,22-,23?/m1/s1. The molecular weight excluding hydrogens is 470 g/mol. The summed E-state index contributed by atoms with van der Waals surface area (Å²) in [6.45, 7) is 2.14. The van der Waals surface area contributed by atoms with Crippen molar-refractivity contribution in [1.82, 2.24) is 9.88 Å². The molecule has 5 unspecified atom stereocenters. The fourth-order valence-electron chi connectivity index (χ4n) is 6.98. The van der Waals surface area contributed by atoms with E-state index in [0.29, 0.717) is 22.7 Å². The van der Waals surface area contributed by atoms with E-state index in [2.05, 4.69) is 22.1 Å². The van der Waals surface area contributed by atoms with Gasteiger partial charge in [0.1, 0.15) is 11.4 Å². The van der Waals surface area contributed by atoms with Crippen LogP contribution in [0.2, 0.25) is 10.0 Å². The number of fused-ring (bicyclic) bond motifs is 9.